The van der Waals surface area contributed by atoms with E-state index in [1.54, 1.807) is 21.3 Å². The van der Waals surface area contributed by atoms with Gasteiger partial charge in [-0.2, -0.15) is 0 Å². The maximum atomic E-state index is 5.69. The largest absolute Gasteiger partial charge is 0.496 e. The van der Waals surface area contributed by atoms with Crippen LogP contribution in [0.15, 0.2) is 12.1 Å². The number of methoxy groups -OCH3 is 3. The molecule has 0 saturated carbocycles. The Hall–Kier alpha value is -0.880. The van der Waals surface area contributed by atoms with Gasteiger partial charge in [-0.25, -0.2) is 0 Å². The van der Waals surface area contributed by atoms with E-state index >= 15 is 0 Å². The molecule has 1 atom stereocenters. The van der Waals surface area contributed by atoms with Gasteiger partial charge in [0.05, 0.1) is 21.3 Å². The normalized spacial score (nSPS) is 15.4. The monoisotopic (exact) mass is 408 g/mol. The van der Waals surface area contributed by atoms with Crippen LogP contribution in [0.5, 0.6) is 17.2 Å². The lowest BCUT2D eigenvalue weighted by Gasteiger charge is -2.36. The van der Waals surface area contributed by atoms with Gasteiger partial charge in [0.2, 0.25) is 0 Å². The standard InChI is InChI=1S/C19H32N2O3.2ClH/c1-5-6-7-8-16(21-11-9-20-10-12-21)15-13-18(23-3)19(24-4)14-17(15)22-2;;/h13-14,16,20H,5-12H2,1-4H3;2*1H/t16-;;/m1../s1. The number of halogens is 2. The first-order valence-electron chi connectivity index (χ1n) is 8.99. The van der Waals surface area contributed by atoms with Gasteiger partial charge in [-0.15, -0.1) is 24.8 Å². The molecule has 0 bridgehead atoms. The molecule has 0 amide bonds. The van der Waals surface area contributed by atoms with Crippen LogP contribution < -0.4 is 19.5 Å². The summed E-state index contributed by atoms with van der Waals surface area (Å²) in [7, 11) is 5.07. The minimum Gasteiger partial charge on any atom is -0.496 e. The Morgan fingerprint density at radius 2 is 1.50 bits per heavy atom. The van der Waals surface area contributed by atoms with Crippen LogP contribution in [0.1, 0.15) is 44.2 Å². The van der Waals surface area contributed by atoms with Gasteiger partial charge >= 0.3 is 0 Å². The van der Waals surface area contributed by atoms with E-state index in [0.29, 0.717) is 11.8 Å². The fourth-order valence-electron chi connectivity index (χ4n) is 3.43. The molecule has 1 heterocycles. The number of nitrogens with one attached hydrogen (secondary N) is 1. The SMILES string of the molecule is CCCCC[C@H](c1cc(OC)c(OC)cc1OC)N1CCNCC1.Cl.Cl. The molecule has 0 spiro atoms. The molecule has 26 heavy (non-hydrogen) atoms. The van der Waals surface area contributed by atoms with Crippen molar-refractivity contribution in [2.75, 3.05) is 47.5 Å². The second kappa shape index (κ2) is 13.3. The van der Waals surface area contributed by atoms with Gasteiger partial charge in [0.15, 0.2) is 11.5 Å². The minimum absolute atomic E-state index is 0. The molecule has 1 fully saturated rings. The number of unbranched alkanes of at least 4 members (excludes halogenated alkanes) is 2. The molecule has 0 aliphatic carbocycles. The highest BCUT2D eigenvalue weighted by atomic mass is 35.5. The van der Waals surface area contributed by atoms with Crippen LogP contribution in [0.2, 0.25) is 0 Å². The summed E-state index contributed by atoms with van der Waals surface area (Å²) in [6.07, 6.45) is 4.86. The predicted molar refractivity (Wildman–Crippen MR) is 112 cm³/mol. The Kier molecular flexibility index (Phi) is 12.9. The lowest BCUT2D eigenvalue weighted by atomic mass is 9.96. The second-order valence-electron chi connectivity index (χ2n) is 6.25. The molecule has 7 heteroatoms. The van der Waals surface area contributed by atoms with Crippen LogP contribution >= 0.6 is 24.8 Å². The van der Waals surface area contributed by atoms with Gasteiger partial charge in [-0.05, 0) is 12.5 Å². The van der Waals surface area contributed by atoms with Crippen molar-refractivity contribution in [2.24, 2.45) is 0 Å². The number of nitrogens with zero attached hydrogens (tertiary/aromatic N) is 1. The zero-order valence-electron chi connectivity index (χ0n) is 16.4. The molecule has 1 aliphatic rings. The van der Waals surface area contributed by atoms with E-state index in [-0.39, 0.29) is 24.8 Å². The molecular formula is C19H34Cl2N2O3. The number of rotatable bonds is 9. The van der Waals surface area contributed by atoms with Crippen molar-refractivity contribution < 1.29 is 14.2 Å². The van der Waals surface area contributed by atoms with Crippen LogP contribution in [0.4, 0.5) is 0 Å². The summed E-state index contributed by atoms with van der Waals surface area (Å²) in [4.78, 5) is 2.57. The van der Waals surface area contributed by atoms with Gasteiger partial charge in [0, 0.05) is 43.9 Å². The fourth-order valence-corrected chi connectivity index (χ4v) is 3.43. The van der Waals surface area contributed by atoms with E-state index in [0.717, 1.165) is 44.1 Å². The van der Waals surface area contributed by atoms with Crippen LogP contribution in [-0.2, 0) is 0 Å². The van der Waals surface area contributed by atoms with Crippen molar-refractivity contribution in [1.82, 2.24) is 10.2 Å². The van der Waals surface area contributed by atoms with Gasteiger partial charge in [-0.3, -0.25) is 4.90 Å². The molecular weight excluding hydrogens is 375 g/mol. The Bertz CT molecular complexity index is 512. The van der Waals surface area contributed by atoms with Crippen molar-refractivity contribution in [3.63, 3.8) is 0 Å². The summed E-state index contributed by atoms with van der Waals surface area (Å²) in [6, 6.07) is 4.40. The minimum atomic E-state index is 0. The maximum absolute atomic E-state index is 5.69. The third kappa shape index (κ3) is 6.38. The van der Waals surface area contributed by atoms with Gasteiger partial charge < -0.3 is 19.5 Å². The highest BCUT2D eigenvalue weighted by Crippen LogP contribution is 2.41. The third-order valence-electron chi connectivity index (χ3n) is 4.77. The molecule has 152 valence electrons. The molecule has 1 aliphatic heterocycles. The fraction of sp³-hybridized carbons (Fsp3) is 0.684. The maximum Gasteiger partial charge on any atom is 0.164 e. The first-order chi connectivity index (χ1) is 11.7. The Morgan fingerprint density at radius 1 is 0.923 bits per heavy atom. The predicted octanol–water partition coefficient (Wildman–Crippen LogP) is 4.08. The molecule has 0 aromatic heterocycles. The number of piperazine rings is 1. The van der Waals surface area contributed by atoms with Gasteiger partial charge in [0.25, 0.3) is 0 Å². The first kappa shape index (κ1) is 25.1. The summed E-state index contributed by atoms with van der Waals surface area (Å²) in [6.45, 7) is 6.46. The van der Waals surface area contributed by atoms with E-state index in [1.807, 2.05) is 6.07 Å². The molecule has 1 aromatic carbocycles. The van der Waals surface area contributed by atoms with Crippen molar-refractivity contribution in [2.45, 2.75) is 38.6 Å². The van der Waals surface area contributed by atoms with Crippen molar-refractivity contribution >= 4 is 24.8 Å². The lowest BCUT2D eigenvalue weighted by Crippen LogP contribution is -2.45. The zero-order valence-corrected chi connectivity index (χ0v) is 18.0. The molecule has 0 radical (unpaired) electrons. The molecule has 1 aromatic rings. The summed E-state index contributed by atoms with van der Waals surface area (Å²) in [5.74, 6) is 2.36. The molecule has 2 rings (SSSR count). The molecule has 1 N–H and O–H groups in total. The lowest BCUT2D eigenvalue weighted by molar-refractivity contribution is 0.159. The first-order valence-corrected chi connectivity index (χ1v) is 8.99. The zero-order chi connectivity index (χ0) is 17.4. The van der Waals surface area contributed by atoms with Crippen molar-refractivity contribution in [1.29, 1.82) is 0 Å². The highest BCUT2D eigenvalue weighted by molar-refractivity contribution is 5.85. The summed E-state index contributed by atoms with van der Waals surface area (Å²) in [5, 5.41) is 3.44. The Morgan fingerprint density at radius 3 is 2.04 bits per heavy atom. The molecule has 5 nitrogen and oxygen atoms in total. The quantitative estimate of drug-likeness (QED) is 0.623. The van der Waals surface area contributed by atoms with E-state index in [2.05, 4.69) is 23.2 Å². The number of hydrogen-bond acceptors (Lipinski definition) is 5. The van der Waals surface area contributed by atoms with E-state index in [4.69, 9.17) is 14.2 Å². The van der Waals surface area contributed by atoms with E-state index in [9.17, 15) is 0 Å². The molecule has 1 saturated heterocycles. The second-order valence-corrected chi connectivity index (χ2v) is 6.25. The summed E-state index contributed by atoms with van der Waals surface area (Å²) < 4.78 is 16.6. The van der Waals surface area contributed by atoms with Crippen LogP contribution in [0, 0.1) is 0 Å². The van der Waals surface area contributed by atoms with Crippen LogP contribution in [0.25, 0.3) is 0 Å². The number of hydrogen-bond donors (Lipinski definition) is 1. The van der Waals surface area contributed by atoms with Crippen molar-refractivity contribution in [3.05, 3.63) is 17.7 Å². The van der Waals surface area contributed by atoms with E-state index in [1.165, 1.54) is 24.8 Å². The average Bonchev–Trinajstić information content (AvgIpc) is 2.65. The Labute approximate surface area is 170 Å². The molecule has 0 unspecified atom stereocenters. The van der Waals surface area contributed by atoms with Crippen LogP contribution in [-0.4, -0.2) is 52.4 Å². The summed E-state index contributed by atoms with van der Waals surface area (Å²) in [5.41, 5.74) is 1.20. The Balaban J connectivity index is 0.00000312. The van der Waals surface area contributed by atoms with Gasteiger partial charge in [0.1, 0.15) is 5.75 Å². The van der Waals surface area contributed by atoms with Crippen molar-refractivity contribution in [3.8, 4) is 17.2 Å². The number of ether oxygens (including phenoxy) is 3. The van der Waals surface area contributed by atoms with E-state index < -0.39 is 0 Å². The van der Waals surface area contributed by atoms with Gasteiger partial charge in [-0.1, -0.05) is 26.2 Å². The topological polar surface area (TPSA) is 43.0 Å². The smallest absolute Gasteiger partial charge is 0.164 e. The van der Waals surface area contributed by atoms with Crippen LogP contribution in [0.3, 0.4) is 0 Å². The highest BCUT2D eigenvalue weighted by Gasteiger charge is 2.26. The average molecular weight is 409 g/mol. The summed E-state index contributed by atoms with van der Waals surface area (Å²) >= 11 is 0. The third-order valence-corrected chi connectivity index (χ3v) is 4.77. The number of benzene rings is 1.